The molecule has 0 bridgehead atoms. The Hall–Kier alpha value is -3.09. The minimum absolute atomic E-state index is 0.0306. The lowest BCUT2D eigenvalue weighted by molar-refractivity contribution is -0.137. The van der Waals surface area contributed by atoms with E-state index in [1.807, 2.05) is 0 Å². The second kappa shape index (κ2) is 7.26. The van der Waals surface area contributed by atoms with E-state index < -0.39 is 28.6 Å². The highest BCUT2D eigenvalue weighted by Gasteiger charge is 2.33. The first-order valence-corrected chi connectivity index (χ1v) is 7.85. The number of para-hydroxylation sites is 1. The number of anilines is 1. The van der Waals surface area contributed by atoms with Crippen molar-refractivity contribution in [2.24, 2.45) is 0 Å². The fraction of sp³-hybridized carbons (Fsp3) is 0.118. The molecule has 0 spiro atoms. The van der Waals surface area contributed by atoms with Gasteiger partial charge in [-0.2, -0.15) is 18.4 Å². The van der Waals surface area contributed by atoms with E-state index in [1.54, 1.807) is 30.3 Å². The number of hydrazine groups is 1. The number of ketones is 1. The molecular formula is C17H10ClF3N4O2. The number of alkyl halides is 3. The quantitative estimate of drug-likeness (QED) is 0.498. The van der Waals surface area contributed by atoms with Gasteiger partial charge in [-0.1, -0.05) is 28.9 Å². The van der Waals surface area contributed by atoms with Gasteiger partial charge in [0.25, 0.3) is 0 Å². The molecule has 0 radical (unpaired) electrons. The van der Waals surface area contributed by atoms with E-state index in [4.69, 9.17) is 16.1 Å². The van der Waals surface area contributed by atoms with Gasteiger partial charge in [0.1, 0.15) is 0 Å². The Morgan fingerprint density at radius 3 is 2.67 bits per heavy atom. The number of hydrogen-bond acceptors (Lipinski definition) is 6. The molecule has 1 atom stereocenters. The lowest BCUT2D eigenvalue weighted by Crippen LogP contribution is -2.39. The number of hydrogen-bond donors (Lipinski definition) is 2. The van der Waals surface area contributed by atoms with Gasteiger partial charge in [0.2, 0.25) is 5.78 Å². The maximum Gasteiger partial charge on any atom is 0.417 e. The molecule has 3 aromatic rings. The van der Waals surface area contributed by atoms with Crippen LogP contribution in [0.1, 0.15) is 16.1 Å². The Balaban J connectivity index is 1.75. The van der Waals surface area contributed by atoms with Crippen LogP contribution in [-0.2, 0) is 6.18 Å². The highest BCUT2D eigenvalue weighted by Crippen LogP contribution is 2.35. The number of rotatable bonds is 5. The van der Waals surface area contributed by atoms with Crippen LogP contribution in [0.4, 0.5) is 18.9 Å². The lowest BCUT2D eigenvalue weighted by atomic mass is 10.1. The van der Waals surface area contributed by atoms with Crippen LogP contribution in [0.15, 0.2) is 47.0 Å². The maximum atomic E-state index is 12.7. The summed E-state index contributed by atoms with van der Waals surface area (Å²) in [7, 11) is 0. The van der Waals surface area contributed by atoms with Gasteiger partial charge in [-0.05, 0) is 30.3 Å². The van der Waals surface area contributed by atoms with Gasteiger partial charge in [0, 0.05) is 0 Å². The molecule has 3 rings (SSSR count). The maximum absolute atomic E-state index is 12.7. The zero-order valence-corrected chi connectivity index (χ0v) is 14.1. The molecule has 2 N–H and O–H groups in total. The molecule has 1 unspecified atom stereocenters. The van der Waals surface area contributed by atoms with E-state index in [-0.39, 0.29) is 11.4 Å². The van der Waals surface area contributed by atoms with Crippen molar-refractivity contribution < 1.29 is 22.5 Å². The van der Waals surface area contributed by atoms with Gasteiger partial charge >= 0.3 is 6.18 Å². The van der Waals surface area contributed by atoms with Crippen molar-refractivity contribution in [1.82, 2.24) is 10.6 Å². The largest absolute Gasteiger partial charge is 0.417 e. The van der Waals surface area contributed by atoms with Gasteiger partial charge in [-0.3, -0.25) is 4.79 Å². The molecule has 2 aromatic carbocycles. The SMILES string of the molecule is N#CC(NNc1ccc(C(F)(F)F)c(Cl)c1)C(=O)c1noc2ccccc12. The first-order valence-electron chi connectivity index (χ1n) is 7.48. The summed E-state index contributed by atoms with van der Waals surface area (Å²) in [6.07, 6.45) is -4.58. The number of carbonyl (C=O) groups excluding carboxylic acids is 1. The third-order valence-electron chi connectivity index (χ3n) is 3.64. The molecule has 1 heterocycles. The summed E-state index contributed by atoms with van der Waals surface area (Å²) in [5.41, 5.74) is 4.46. The monoisotopic (exact) mass is 394 g/mol. The number of halogens is 4. The average molecular weight is 395 g/mol. The lowest BCUT2D eigenvalue weighted by Gasteiger charge is -2.14. The summed E-state index contributed by atoms with van der Waals surface area (Å²) in [6.45, 7) is 0. The number of nitrogens with zero attached hydrogens (tertiary/aromatic N) is 2. The molecule has 0 saturated heterocycles. The third kappa shape index (κ3) is 3.86. The fourth-order valence-corrected chi connectivity index (χ4v) is 2.62. The van der Waals surface area contributed by atoms with Crippen LogP contribution in [0.25, 0.3) is 11.0 Å². The van der Waals surface area contributed by atoms with Crippen molar-refractivity contribution in [3.05, 3.63) is 58.7 Å². The van der Waals surface area contributed by atoms with E-state index in [0.29, 0.717) is 11.0 Å². The van der Waals surface area contributed by atoms with Crippen LogP contribution in [0.3, 0.4) is 0 Å². The zero-order valence-electron chi connectivity index (χ0n) is 13.3. The minimum atomic E-state index is -4.58. The Morgan fingerprint density at radius 1 is 1.26 bits per heavy atom. The molecule has 10 heteroatoms. The number of carbonyl (C=O) groups is 1. The number of nitrogens with one attached hydrogen (secondary N) is 2. The second-order valence-corrected chi connectivity index (χ2v) is 5.82. The normalized spacial score (nSPS) is 12.6. The summed E-state index contributed by atoms with van der Waals surface area (Å²) >= 11 is 5.63. The van der Waals surface area contributed by atoms with Crippen molar-refractivity contribution in [3.63, 3.8) is 0 Å². The van der Waals surface area contributed by atoms with Crippen LogP contribution in [-0.4, -0.2) is 17.0 Å². The minimum Gasteiger partial charge on any atom is -0.356 e. The fourth-order valence-electron chi connectivity index (χ4n) is 2.34. The Labute approximate surface area is 155 Å². The van der Waals surface area contributed by atoms with E-state index in [2.05, 4.69) is 16.0 Å². The molecule has 138 valence electrons. The molecule has 0 amide bonds. The van der Waals surface area contributed by atoms with E-state index in [1.165, 1.54) is 0 Å². The van der Waals surface area contributed by atoms with Gasteiger partial charge in [-0.15, -0.1) is 0 Å². The van der Waals surface area contributed by atoms with Crippen LogP contribution in [0.2, 0.25) is 5.02 Å². The van der Waals surface area contributed by atoms with Crippen molar-refractivity contribution in [3.8, 4) is 6.07 Å². The molecule has 0 aliphatic carbocycles. The van der Waals surface area contributed by atoms with E-state index in [9.17, 15) is 23.2 Å². The van der Waals surface area contributed by atoms with Crippen molar-refractivity contribution in [2.75, 3.05) is 5.43 Å². The number of benzene rings is 2. The van der Waals surface area contributed by atoms with Gasteiger partial charge in [0.05, 0.1) is 27.7 Å². The van der Waals surface area contributed by atoms with Crippen molar-refractivity contribution >= 4 is 34.0 Å². The van der Waals surface area contributed by atoms with Crippen LogP contribution >= 0.6 is 11.6 Å². The Morgan fingerprint density at radius 2 is 2.00 bits per heavy atom. The van der Waals surface area contributed by atoms with Crippen LogP contribution in [0, 0.1) is 11.3 Å². The first-order chi connectivity index (χ1) is 12.8. The highest BCUT2D eigenvalue weighted by atomic mass is 35.5. The Bertz CT molecular complexity index is 1040. The summed E-state index contributed by atoms with van der Waals surface area (Å²) in [5, 5.41) is 12.9. The third-order valence-corrected chi connectivity index (χ3v) is 3.95. The van der Waals surface area contributed by atoms with Crippen LogP contribution in [0.5, 0.6) is 0 Å². The van der Waals surface area contributed by atoms with Crippen molar-refractivity contribution in [1.29, 1.82) is 5.26 Å². The van der Waals surface area contributed by atoms with E-state index in [0.717, 1.165) is 18.2 Å². The van der Waals surface area contributed by atoms with E-state index >= 15 is 0 Å². The van der Waals surface area contributed by atoms with Gasteiger partial charge in [-0.25, -0.2) is 5.43 Å². The summed E-state index contributed by atoms with van der Waals surface area (Å²) < 4.78 is 43.2. The zero-order chi connectivity index (χ0) is 19.6. The highest BCUT2D eigenvalue weighted by molar-refractivity contribution is 6.31. The Kier molecular flexibility index (Phi) is 5.03. The topological polar surface area (TPSA) is 91.0 Å². The van der Waals surface area contributed by atoms with Crippen molar-refractivity contribution in [2.45, 2.75) is 12.2 Å². The summed E-state index contributed by atoms with van der Waals surface area (Å²) in [6, 6.07) is 9.97. The molecule has 0 saturated carbocycles. The van der Waals surface area contributed by atoms with Gasteiger partial charge in [0.15, 0.2) is 17.3 Å². The molecule has 27 heavy (non-hydrogen) atoms. The molecular weight excluding hydrogens is 385 g/mol. The number of nitriles is 1. The predicted molar refractivity (Wildman–Crippen MR) is 91.0 cm³/mol. The summed E-state index contributed by atoms with van der Waals surface area (Å²) in [4.78, 5) is 12.5. The second-order valence-electron chi connectivity index (χ2n) is 5.42. The summed E-state index contributed by atoms with van der Waals surface area (Å²) in [5.74, 6) is -0.659. The van der Waals surface area contributed by atoms with Crippen LogP contribution < -0.4 is 10.9 Å². The smallest absolute Gasteiger partial charge is 0.356 e. The number of Topliss-reactive ketones (excluding diaryl/α,β-unsaturated/α-hetero) is 1. The predicted octanol–water partition coefficient (Wildman–Crippen LogP) is 4.19. The molecule has 0 aliphatic rings. The molecule has 6 nitrogen and oxygen atoms in total. The number of aromatic nitrogens is 1. The van der Waals surface area contributed by atoms with Gasteiger partial charge < -0.3 is 9.95 Å². The first kappa shape index (κ1) is 18.7. The standard InChI is InChI=1S/C17H10ClF3N4O2/c18-12-7-9(5-6-11(12)17(19,20)21)23-24-13(8-22)16(26)15-10-3-1-2-4-14(10)27-25-15/h1-7,13,23-24H. The molecule has 0 fully saturated rings. The molecule has 0 aliphatic heterocycles. The molecule has 1 aromatic heterocycles. The number of fused-ring (bicyclic) bond motifs is 1. The average Bonchev–Trinajstić information content (AvgIpc) is 3.05.